The van der Waals surface area contributed by atoms with Crippen molar-refractivity contribution < 1.29 is 5.11 Å². The lowest BCUT2D eigenvalue weighted by Gasteiger charge is -2.36. The minimum absolute atomic E-state index is 0.242. The van der Waals surface area contributed by atoms with Crippen LogP contribution in [0.15, 0.2) is 54.6 Å². The Labute approximate surface area is 139 Å². The first-order chi connectivity index (χ1) is 11.2. The number of likely N-dealkylation sites (N-methyl/N-ethyl adjacent to an activating group) is 1. The molecule has 1 heterocycles. The third-order valence-electron chi connectivity index (χ3n) is 5.03. The van der Waals surface area contributed by atoms with Crippen LogP contribution in [-0.2, 0) is 0 Å². The molecule has 0 amide bonds. The van der Waals surface area contributed by atoms with E-state index in [1.807, 2.05) is 0 Å². The van der Waals surface area contributed by atoms with Gasteiger partial charge in [0.1, 0.15) is 0 Å². The molecular weight excluding hydrogens is 284 g/mol. The lowest BCUT2D eigenvalue weighted by atomic mass is 9.90. The van der Waals surface area contributed by atoms with Gasteiger partial charge >= 0.3 is 0 Å². The number of aliphatic hydroxyl groups excluding tert-OH is 1. The van der Waals surface area contributed by atoms with Crippen molar-refractivity contribution in [1.82, 2.24) is 5.32 Å². The lowest BCUT2D eigenvalue weighted by molar-refractivity contribution is 0.252. The number of nitrogens with zero attached hydrogens (tertiary/aromatic N) is 1. The second kappa shape index (κ2) is 7.16. The Morgan fingerprint density at radius 2 is 1.78 bits per heavy atom. The molecule has 3 rings (SSSR count). The maximum Gasteiger partial charge on any atom is 0.0530 e. The van der Waals surface area contributed by atoms with Gasteiger partial charge in [0, 0.05) is 25.9 Å². The SMILES string of the molecule is Cc1ccccc1N(C)C1C(CCO)CNC1c1ccccc1. The van der Waals surface area contributed by atoms with Crippen molar-refractivity contribution in [1.29, 1.82) is 0 Å². The van der Waals surface area contributed by atoms with Crippen LogP contribution in [0.5, 0.6) is 0 Å². The van der Waals surface area contributed by atoms with Crippen LogP contribution in [0.25, 0.3) is 0 Å². The fraction of sp³-hybridized carbons (Fsp3) is 0.400. The highest BCUT2D eigenvalue weighted by Crippen LogP contribution is 2.36. The molecule has 1 aliphatic rings. The number of aliphatic hydroxyl groups is 1. The van der Waals surface area contributed by atoms with Gasteiger partial charge in [-0.2, -0.15) is 0 Å². The Balaban J connectivity index is 1.94. The van der Waals surface area contributed by atoms with E-state index in [9.17, 15) is 5.11 Å². The van der Waals surface area contributed by atoms with Crippen molar-refractivity contribution in [3.63, 3.8) is 0 Å². The molecule has 0 aromatic heterocycles. The molecule has 3 nitrogen and oxygen atoms in total. The van der Waals surface area contributed by atoms with Crippen molar-refractivity contribution in [2.75, 3.05) is 25.1 Å². The van der Waals surface area contributed by atoms with E-state index in [4.69, 9.17) is 0 Å². The third-order valence-corrected chi connectivity index (χ3v) is 5.03. The van der Waals surface area contributed by atoms with Gasteiger partial charge in [-0.25, -0.2) is 0 Å². The standard InChI is InChI=1S/C20H26N2O/c1-15-8-6-7-11-18(15)22(2)20-17(12-13-23)14-21-19(20)16-9-4-3-5-10-16/h3-11,17,19-21,23H,12-14H2,1-2H3. The average molecular weight is 310 g/mol. The van der Waals surface area contributed by atoms with Crippen molar-refractivity contribution in [3.05, 3.63) is 65.7 Å². The van der Waals surface area contributed by atoms with Crippen LogP contribution in [0.2, 0.25) is 0 Å². The average Bonchev–Trinajstić information content (AvgIpc) is 2.99. The van der Waals surface area contributed by atoms with Crippen LogP contribution in [0.1, 0.15) is 23.6 Å². The van der Waals surface area contributed by atoms with E-state index in [0.29, 0.717) is 12.0 Å². The van der Waals surface area contributed by atoms with Gasteiger partial charge in [0.05, 0.1) is 12.1 Å². The summed E-state index contributed by atoms with van der Waals surface area (Å²) < 4.78 is 0. The number of aryl methyl sites for hydroxylation is 1. The molecule has 2 aromatic carbocycles. The van der Waals surface area contributed by atoms with Gasteiger partial charge in [-0.05, 0) is 36.5 Å². The zero-order valence-electron chi connectivity index (χ0n) is 13.9. The zero-order chi connectivity index (χ0) is 16.2. The lowest BCUT2D eigenvalue weighted by Crippen LogP contribution is -2.40. The molecule has 1 aliphatic heterocycles. The van der Waals surface area contributed by atoms with Crippen molar-refractivity contribution >= 4 is 5.69 Å². The Kier molecular flexibility index (Phi) is 4.99. The normalized spacial score (nSPS) is 23.9. The summed E-state index contributed by atoms with van der Waals surface area (Å²) in [6, 6.07) is 19.8. The molecular formula is C20H26N2O. The number of rotatable bonds is 5. The molecule has 2 aromatic rings. The summed E-state index contributed by atoms with van der Waals surface area (Å²) in [6.45, 7) is 3.35. The molecule has 122 valence electrons. The van der Waals surface area contributed by atoms with Crippen LogP contribution < -0.4 is 10.2 Å². The molecule has 23 heavy (non-hydrogen) atoms. The second-order valence-electron chi connectivity index (χ2n) is 6.46. The van der Waals surface area contributed by atoms with E-state index >= 15 is 0 Å². The first kappa shape index (κ1) is 16.0. The Bertz CT molecular complexity index is 629. The quantitative estimate of drug-likeness (QED) is 0.890. The summed E-state index contributed by atoms with van der Waals surface area (Å²) in [5.74, 6) is 0.440. The van der Waals surface area contributed by atoms with Crippen LogP contribution >= 0.6 is 0 Å². The second-order valence-corrected chi connectivity index (χ2v) is 6.46. The van der Waals surface area contributed by atoms with E-state index in [1.54, 1.807) is 0 Å². The molecule has 1 saturated heterocycles. The van der Waals surface area contributed by atoms with Crippen LogP contribution in [0.3, 0.4) is 0 Å². The highest BCUT2D eigenvalue weighted by Gasteiger charge is 2.39. The smallest absolute Gasteiger partial charge is 0.0530 e. The van der Waals surface area contributed by atoms with E-state index in [2.05, 4.69) is 78.8 Å². The van der Waals surface area contributed by atoms with Gasteiger partial charge in [0.15, 0.2) is 0 Å². The Morgan fingerprint density at radius 1 is 1.09 bits per heavy atom. The molecule has 0 bridgehead atoms. The fourth-order valence-corrected chi connectivity index (χ4v) is 3.87. The molecule has 0 aliphatic carbocycles. The van der Waals surface area contributed by atoms with Crippen LogP contribution in [-0.4, -0.2) is 31.3 Å². The zero-order valence-corrected chi connectivity index (χ0v) is 13.9. The van der Waals surface area contributed by atoms with Crippen molar-refractivity contribution in [2.24, 2.45) is 5.92 Å². The Hall–Kier alpha value is -1.84. The van der Waals surface area contributed by atoms with Gasteiger partial charge in [0.25, 0.3) is 0 Å². The van der Waals surface area contributed by atoms with Gasteiger partial charge in [-0.1, -0.05) is 48.5 Å². The summed E-state index contributed by atoms with van der Waals surface area (Å²) in [4.78, 5) is 2.40. The van der Waals surface area contributed by atoms with E-state index in [-0.39, 0.29) is 12.6 Å². The molecule has 1 fully saturated rings. The van der Waals surface area contributed by atoms with Gasteiger partial charge < -0.3 is 15.3 Å². The fourth-order valence-electron chi connectivity index (χ4n) is 3.87. The predicted octanol–water partition coefficient (Wildman–Crippen LogP) is 3.14. The molecule has 3 atom stereocenters. The largest absolute Gasteiger partial charge is 0.396 e. The Morgan fingerprint density at radius 3 is 2.48 bits per heavy atom. The first-order valence-corrected chi connectivity index (χ1v) is 8.40. The minimum atomic E-state index is 0.242. The van der Waals surface area contributed by atoms with Crippen LogP contribution in [0.4, 0.5) is 5.69 Å². The number of nitrogens with one attached hydrogen (secondary N) is 1. The van der Waals surface area contributed by atoms with Crippen molar-refractivity contribution in [3.8, 4) is 0 Å². The topological polar surface area (TPSA) is 35.5 Å². The molecule has 2 N–H and O–H groups in total. The van der Waals surface area contributed by atoms with Crippen LogP contribution in [0, 0.1) is 12.8 Å². The summed E-state index contributed by atoms with van der Waals surface area (Å²) in [5.41, 5.74) is 3.87. The van der Waals surface area contributed by atoms with Gasteiger partial charge in [-0.15, -0.1) is 0 Å². The number of anilines is 1. The summed E-state index contributed by atoms with van der Waals surface area (Å²) >= 11 is 0. The van der Waals surface area contributed by atoms with Crippen molar-refractivity contribution in [2.45, 2.75) is 25.4 Å². The minimum Gasteiger partial charge on any atom is -0.396 e. The molecule has 0 radical (unpaired) electrons. The number of benzene rings is 2. The molecule has 0 saturated carbocycles. The number of para-hydroxylation sites is 1. The molecule has 3 unspecified atom stereocenters. The summed E-state index contributed by atoms with van der Waals surface area (Å²) in [7, 11) is 2.18. The van der Waals surface area contributed by atoms with E-state index in [1.165, 1.54) is 16.8 Å². The highest BCUT2D eigenvalue weighted by atomic mass is 16.3. The third kappa shape index (κ3) is 3.26. The first-order valence-electron chi connectivity index (χ1n) is 8.40. The van der Waals surface area contributed by atoms with Gasteiger partial charge in [-0.3, -0.25) is 0 Å². The monoisotopic (exact) mass is 310 g/mol. The molecule has 3 heteroatoms. The van der Waals surface area contributed by atoms with Gasteiger partial charge in [0.2, 0.25) is 0 Å². The maximum atomic E-state index is 9.46. The maximum absolute atomic E-state index is 9.46. The summed E-state index contributed by atoms with van der Waals surface area (Å²) in [6.07, 6.45) is 0.831. The number of hydrogen-bond donors (Lipinski definition) is 2. The number of hydrogen-bond acceptors (Lipinski definition) is 3. The van der Waals surface area contributed by atoms with E-state index < -0.39 is 0 Å². The van der Waals surface area contributed by atoms with E-state index in [0.717, 1.165) is 13.0 Å². The predicted molar refractivity (Wildman–Crippen MR) is 95.7 cm³/mol. The highest BCUT2D eigenvalue weighted by molar-refractivity contribution is 5.54. The molecule has 0 spiro atoms. The summed E-state index contributed by atoms with van der Waals surface area (Å²) in [5, 5.41) is 13.1.